The smallest absolute Gasteiger partial charge is 0.127 e. The number of hydrogen-bond donors (Lipinski definition) is 0. The van der Waals surface area contributed by atoms with Gasteiger partial charge in [-0.3, -0.25) is 0 Å². The maximum Gasteiger partial charge on any atom is 0.127 e. The van der Waals surface area contributed by atoms with Crippen molar-refractivity contribution >= 4 is 10.8 Å². The Morgan fingerprint density at radius 1 is 1.05 bits per heavy atom. The van der Waals surface area contributed by atoms with Gasteiger partial charge in [-0.2, -0.15) is 0 Å². The van der Waals surface area contributed by atoms with Crippen LogP contribution in [0.3, 0.4) is 0 Å². The molecule has 0 radical (unpaired) electrons. The summed E-state index contributed by atoms with van der Waals surface area (Å²) >= 11 is 0. The minimum Gasteiger partial charge on any atom is -0.491 e. The molecule has 2 fully saturated rings. The summed E-state index contributed by atoms with van der Waals surface area (Å²) in [6.45, 7) is 4.96. The molecule has 4 rings (SSSR count). The highest BCUT2D eigenvalue weighted by Crippen LogP contribution is 2.33. The van der Waals surface area contributed by atoms with Gasteiger partial charge < -0.3 is 18.9 Å². The quantitative estimate of drug-likeness (QED) is 0.766. The van der Waals surface area contributed by atoms with Gasteiger partial charge in [0.25, 0.3) is 0 Å². The van der Waals surface area contributed by atoms with Crippen molar-refractivity contribution in [1.29, 1.82) is 0 Å². The summed E-state index contributed by atoms with van der Waals surface area (Å²) in [6, 6.07) is 10.2. The van der Waals surface area contributed by atoms with Crippen LogP contribution in [0.2, 0.25) is 0 Å². The van der Waals surface area contributed by atoms with Gasteiger partial charge in [-0.05, 0) is 36.1 Å². The van der Waals surface area contributed by atoms with Crippen LogP contribution in [0.4, 0.5) is 0 Å². The molecule has 0 bridgehead atoms. The lowest BCUT2D eigenvalue weighted by atomic mass is 10.0. The summed E-state index contributed by atoms with van der Waals surface area (Å²) in [5.74, 6) is 1.80. The van der Waals surface area contributed by atoms with E-state index in [4.69, 9.17) is 18.9 Å². The number of aryl methyl sites for hydroxylation is 1. The topological polar surface area (TPSA) is 43.5 Å². The molecule has 0 N–H and O–H groups in total. The van der Waals surface area contributed by atoms with Gasteiger partial charge in [-0.15, -0.1) is 0 Å². The molecule has 4 heteroatoms. The zero-order valence-electron chi connectivity index (χ0n) is 12.0. The van der Waals surface area contributed by atoms with Gasteiger partial charge in [0.2, 0.25) is 0 Å². The first-order chi connectivity index (χ1) is 10.3. The van der Waals surface area contributed by atoms with Crippen LogP contribution in [0.5, 0.6) is 11.5 Å². The summed E-state index contributed by atoms with van der Waals surface area (Å²) in [5.41, 5.74) is 1.16. The maximum atomic E-state index is 5.89. The van der Waals surface area contributed by atoms with Crippen molar-refractivity contribution in [2.75, 3.05) is 26.4 Å². The minimum atomic E-state index is 0.265. The molecule has 2 unspecified atom stereocenters. The van der Waals surface area contributed by atoms with Gasteiger partial charge >= 0.3 is 0 Å². The molecule has 0 spiro atoms. The Kier molecular flexibility index (Phi) is 3.20. The average molecular weight is 286 g/mol. The molecule has 0 amide bonds. The molecule has 2 aromatic carbocycles. The van der Waals surface area contributed by atoms with Crippen molar-refractivity contribution in [3.63, 3.8) is 0 Å². The third-order valence-corrected chi connectivity index (χ3v) is 3.77. The standard InChI is InChI=1S/C17H18O4/c1-11-5-13(18-7-14-8-19-14)6-12-3-2-4-16(17(11)12)21-10-15-9-20-15/h2-6,14-15H,7-10H2,1H3. The third kappa shape index (κ3) is 2.96. The normalized spacial score (nSPS) is 23.1. The number of epoxide rings is 2. The predicted octanol–water partition coefficient (Wildman–Crippen LogP) is 2.70. The van der Waals surface area contributed by atoms with Crippen LogP contribution in [0.1, 0.15) is 5.56 Å². The molecular formula is C17H18O4. The Morgan fingerprint density at radius 2 is 1.76 bits per heavy atom. The van der Waals surface area contributed by atoms with Crippen LogP contribution in [0.15, 0.2) is 30.3 Å². The van der Waals surface area contributed by atoms with Crippen LogP contribution in [0.25, 0.3) is 10.8 Å². The summed E-state index contributed by atoms with van der Waals surface area (Å²) in [7, 11) is 0. The fraction of sp³-hybridized carbons (Fsp3) is 0.412. The Labute approximate surface area is 123 Å². The molecule has 4 nitrogen and oxygen atoms in total. The van der Waals surface area contributed by atoms with Crippen LogP contribution in [0, 0.1) is 6.92 Å². The Hall–Kier alpha value is -1.78. The highest BCUT2D eigenvalue weighted by atomic mass is 16.6. The van der Waals surface area contributed by atoms with Crippen LogP contribution in [-0.2, 0) is 9.47 Å². The molecule has 110 valence electrons. The molecule has 2 atom stereocenters. The van der Waals surface area contributed by atoms with E-state index in [9.17, 15) is 0 Å². The van der Waals surface area contributed by atoms with Crippen molar-refractivity contribution < 1.29 is 18.9 Å². The lowest BCUT2D eigenvalue weighted by Crippen LogP contribution is -2.05. The molecule has 2 aliphatic heterocycles. The Morgan fingerprint density at radius 3 is 2.48 bits per heavy atom. The first kappa shape index (κ1) is 12.9. The minimum absolute atomic E-state index is 0.265. The molecule has 2 saturated heterocycles. The van der Waals surface area contributed by atoms with E-state index >= 15 is 0 Å². The van der Waals surface area contributed by atoms with Crippen molar-refractivity contribution in [3.8, 4) is 11.5 Å². The second kappa shape index (κ2) is 5.20. The van der Waals surface area contributed by atoms with E-state index in [2.05, 4.69) is 25.1 Å². The van der Waals surface area contributed by atoms with Gasteiger partial charge in [-0.1, -0.05) is 12.1 Å². The first-order valence-corrected chi connectivity index (χ1v) is 7.32. The maximum absolute atomic E-state index is 5.89. The third-order valence-electron chi connectivity index (χ3n) is 3.77. The zero-order chi connectivity index (χ0) is 14.2. The highest BCUT2D eigenvalue weighted by Gasteiger charge is 2.24. The zero-order valence-corrected chi connectivity index (χ0v) is 12.0. The van der Waals surface area contributed by atoms with E-state index in [1.807, 2.05) is 12.1 Å². The summed E-state index contributed by atoms with van der Waals surface area (Å²) in [6.07, 6.45) is 0.538. The van der Waals surface area contributed by atoms with Crippen molar-refractivity contribution in [2.24, 2.45) is 0 Å². The van der Waals surface area contributed by atoms with E-state index in [0.29, 0.717) is 13.2 Å². The largest absolute Gasteiger partial charge is 0.491 e. The Bertz CT molecular complexity index is 659. The predicted molar refractivity (Wildman–Crippen MR) is 79.2 cm³/mol. The number of ether oxygens (including phenoxy) is 4. The van der Waals surface area contributed by atoms with Crippen molar-refractivity contribution in [3.05, 3.63) is 35.9 Å². The van der Waals surface area contributed by atoms with Crippen molar-refractivity contribution in [2.45, 2.75) is 19.1 Å². The van der Waals surface area contributed by atoms with E-state index in [-0.39, 0.29) is 12.2 Å². The molecule has 0 saturated carbocycles. The van der Waals surface area contributed by atoms with Crippen LogP contribution >= 0.6 is 0 Å². The lowest BCUT2D eigenvalue weighted by Gasteiger charge is -2.13. The van der Waals surface area contributed by atoms with Gasteiger partial charge in [-0.25, -0.2) is 0 Å². The molecule has 2 aliphatic rings. The Balaban J connectivity index is 1.61. The fourth-order valence-corrected chi connectivity index (χ4v) is 2.47. The molecule has 2 heterocycles. The van der Waals surface area contributed by atoms with Gasteiger partial charge in [0.15, 0.2) is 0 Å². The van der Waals surface area contributed by atoms with Crippen molar-refractivity contribution in [1.82, 2.24) is 0 Å². The molecule has 21 heavy (non-hydrogen) atoms. The second-order valence-electron chi connectivity index (χ2n) is 5.63. The monoisotopic (exact) mass is 286 g/mol. The number of rotatable bonds is 6. The summed E-state index contributed by atoms with van der Waals surface area (Å²) in [5, 5.41) is 2.28. The van der Waals surface area contributed by atoms with Crippen LogP contribution in [-0.4, -0.2) is 38.6 Å². The van der Waals surface area contributed by atoms with E-state index < -0.39 is 0 Å². The summed E-state index contributed by atoms with van der Waals surface area (Å²) in [4.78, 5) is 0. The van der Waals surface area contributed by atoms with Gasteiger partial charge in [0.05, 0.1) is 13.2 Å². The first-order valence-electron chi connectivity index (χ1n) is 7.32. The number of fused-ring (bicyclic) bond motifs is 1. The molecule has 0 aliphatic carbocycles. The number of hydrogen-bond acceptors (Lipinski definition) is 4. The number of benzene rings is 2. The fourth-order valence-electron chi connectivity index (χ4n) is 2.47. The van der Waals surface area contributed by atoms with E-state index in [0.717, 1.165) is 41.0 Å². The molecule has 2 aromatic rings. The van der Waals surface area contributed by atoms with E-state index in [1.54, 1.807) is 0 Å². The molecular weight excluding hydrogens is 268 g/mol. The van der Waals surface area contributed by atoms with Gasteiger partial charge in [0.1, 0.15) is 36.9 Å². The summed E-state index contributed by atoms with van der Waals surface area (Å²) < 4.78 is 22.0. The second-order valence-corrected chi connectivity index (χ2v) is 5.63. The average Bonchev–Trinajstić information content (AvgIpc) is 3.37. The van der Waals surface area contributed by atoms with Gasteiger partial charge in [0, 0.05) is 5.39 Å². The molecule has 0 aromatic heterocycles. The lowest BCUT2D eigenvalue weighted by molar-refractivity contribution is 0.262. The highest BCUT2D eigenvalue weighted by molar-refractivity contribution is 5.92. The van der Waals surface area contributed by atoms with E-state index in [1.165, 1.54) is 0 Å². The van der Waals surface area contributed by atoms with Crippen LogP contribution < -0.4 is 9.47 Å². The SMILES string of the molecule is Cc1cc(OCC2CO2)cc2cccc(OCC3CO3)c12.